The molecule has 0 aliphatic rings. The highest BCUT2D eigenvalue weighted by Gasteiger charge is 2.10. The Morgan fingerprint density at radius 3 is 2.81 bits per heavy atom. The summed E-state index contributed by atoms with van der Waals surface area (Å²) in [4.78, 5) is 17.2. The number of aromatic nitrogens is 2. The highest BCUT2D eigenvalue weighted by molar-refractivity contribution is 5.75. The normalized spacial score (nSPS) is 10.9. The van der Waals surface area contributed by atoms with Crippen molar-refractivity contribution in [2.45, 2.75) is 19.5 Å². The molecule has 1 heterocycles. The van der Waals surface area contributed by atoms with Crippen LogP contribution in [0, 0.1) is 0 Å². The number of primary amides is 1. The monoisotopic (exact) mass is 287 g/mol. The zero-order chi connectivity index (χ0) is 15.1. The molecule has 0 spiro atoms. The quantitative estimate of drug-likeness (QED) is 0.704. The summed E-state index contributed by atoms with van der Waals surface area (Å²) in [6.07, 6.45) is 6.38. The van der Waals surface area contributed by atoms with Gasteiger partial charge in [0, 0.05) is 37.7 Å². The van der Waals surface area contributed by atoms with Crippen molar-refractivity contribution >= 4 is 11.6 Å². The van der Waals surface area contributed by atoms with E-state index < -0.39 is 0 Å². The molecule has 1 aromatic heterocycles. The second-order valence-electron chi connectivity index (χ2n) is 5.03. The van der Waals surface area contributed by atoms with Crippen molar-refractivity contribution in [1.29, 1.82) is 0 Å². The lowest BCUT2D eigenvalue weighted by Crippen LogP contribution is -2.34. The van der Waals surface area contributed by atoms with Gasteiger partial charge in [0.15, 0.2) is 0 Å². The maximum Gasteiger partial charge on any atom is 0.231 e. The lowest BCUT2D eigenvalue weighted by molar-refractivity contribution is -0.119. The van der Waals surface area contributed by atoms with Crippen LogP contribution in [0.2, 0.25) is 0 Å². The van der Waals surface area contributed by atoms with E-state index in [-0.39, 0.29) is 12.5 Å². The van der Waals surface area contributed by atoms with E-state index in [9.17, 15) is 4.79 Å². The van der Waals surface area contributed by atoms with Crippen molar-refractivity contribution < 1.29 is 4.79 Å². The van der Waals surface area contributed by atoms with Crippen molar-refractivity contribution in [3.8, 4) is 0 Å². The molecule has 21 heavy (non-hydrogen) atoms. The SMILES string of the molecule is NC(=O)CN(CCCn1ccnc1)Cc1ccccc1N. The number of nitrogens with zero attached hydrogens (tertiary/aromatic N) is 3. The van der Waals surface area contributed by atoms with Crippen molar-refractivity contribution in [3.05, 3.63) is 48.5 Å². The van der Waals surface area contributed by atoms with Gasteiger partial charge in [-0.1, -0.05) is 18.2 Å². The highest BCUT2D eigenvalue weighted by atomic mass is 16.1. The van der Waals surface area contributed by atoms with Crippen LogP contribution in [0.15, 0.2) is 43.0 Å². The Morgan fingerprint density at radius 1 is 1.33 bits per heavy atom. The number of benzene rings is 1. The third kappa shape index (κ3) is 4.92. The van der Waals surface area contributed by atoms with Crippen LogP contribution in [0.3, 0.4) is 0 Å². The second-order valence-corrected chi connectivity index (χ2v) is 5.03. The fourth-order valence-corrected chi connectivity index (χ4v) is 2.25. The molecular weight excluding hydrogens is 266 g/mol. The number of rotatable bonds is 8. The van der Waals surface area contributed by atoms with Gasteiger partial charge in [0.1, 0.15) is 0 Å². The van der Waals surface area contributed by atoms with Gasteiger partial charge in [-0.05, 0) is 18.1 Å². The summed E-state index contributed by atoms with van der Waals surface area (Å²) in [5.41, 5.74) is 13.0. The lowest BCUT2D eigenvalue weighted by Gasteiger charge is -2.21. The second kappa shape index (κ2) is 7.44. The molecule has 2 rings (SSSR count). The molecule has 0 aliphatic heterocycles. The summed E-state index contributed by atoms with van der Waals surface area (Å²) in [7, 11) is 0. The standard InChI is InChI=1S/C15H21N5O/c16-14-5-2-1-4-13(14)10-20(11-15(17)21)8-3-7-19-9-6-18-12-19/h1-2,4-6,9,12H,3,7-8,10-11,16H2,(H2,17,21). The molecule has 0 fully saturated rings. The topological polar surface area (TPSA) is 90.2 Å². The van der Waals surface area contributed by atoms with Crippen molar-refractivity contribution in [2.75, 3.05) is 18.8 Å². The number of aryl methyl sites for hydroxylation is 1. The van der Waals surface area contributed by atoms with Gasteiger partial charge in [0.05, 0.1) is 12.9 Å². The lowest BCUT2D eigenvalue weighted by atomic mass is 10.1. The number of para-hydroxylation sites is 1. The first-order chi connectivity index (χ1) is 10.1. The molecule has 2 aromatic rings. The average Bonchev–Trinajstić information content (AvgIpc) is 2.94. The molecule has 0 aliphatic carbocycles. The largest absolute Gasteiger partial charge is 0.398 e. The molecular formula is C15H21N5O. The van der Waals surface area contributed by atoms with Crippen LogP contribution < -0.4 is 11.5 Å². The van der Waals surface area contributed by atoms with E-state index in [0.29, 0.717) is 6.54 Å². The van der Waals surface area contributed by atoms with Crippen molar-refractivity contribution in [2.24, 2.45) is 5.73 Å². The van der Waals surface area contributed by atoms with Crippen LogP contribution >= 0.6 is 0 Å². The molecule has 112 valence electrons. The average molecular weight is 287 g/mol. The molecule has 0 bridgehead atoms. The zero-order valence-corrected chi connectivity index (χ0v) is 12.0. The fourth-order valence-electron chi connectivity index (χ4n) is 2.25. The van der Waals surface area contributed by atoms with E-state index in [1.165, 1.54) is 0 Å². The van der Waals surface area contributed by atoms with Crippen LogP contribution in [-0.4, -0.2) is 33.4 Å². The van der Waals surface area contributed by atoms with Crippen molar-refractivity contribution in [1.82, 2.24) is 14.5 Å². The minimum atomic E-state index is -0.327. The number of nitrogen functional groups attached to an aromatic ring is 1. The fraction of sp³-hybridized carbons (Fsp3) is 0.333. The number of carbonyl (C=O) groups excluding carboxylic acids is 1. The maximum atomic E-state index is 11.2. The first kappa shape index (κ1) is 15.1. The number of imidazole rings is 1. The summed E-state index contributed by atoms with van der Waals surface area (Å²) in [6.45, 7) is 2.49. The van der Waals surface area contributed by atoms with Gasteiger partial charge in [-0.2, -0.15) is 0 Å². The summed E-state index contributed by atoms with van der Waals surface area (Å²) < 4.78 is 2.01. The number of carbonyl (C=O) groups is 1. The zero-order valence-electron chi connectivity index (χ0n) is 12.0. The Kier molecular flexibility index (Phi) is 5.34. The number of hydrogen-bond donors (Lipinski definition) is 2. The van der Waals surface area contributed by atoms with Crippen LogP contribution in [-0.2, 0) is 17.9 Å². The summed E-state index contributed by atoms with van der Waals surface area (Å²) in [6, 6.07) is 7.68. The number of amides is 1. The Bertz CT molecular complexity index is 567. The molecule has 6 heteroatoms. The van der Waals surface area contributed by atoms with Gasteiger partial charge in [0.25, 0.3) is 0 Å². The molecule has 6 nitrogen and oxygen atoms in total. The molecule has 0 radical (unpaired) electrons. The molecule has 1 amide bonds. The Balaban J connectivity index is 1.91. The van der Waals surface area contributed by atoms with Gasteiger partial charge in [-0.3, -0.25) is 9.69 Å². The van der Waals surface area contributed by atoms with Crippen LogP contribution in [0.4, 0.5) is 5.69 Å². The van der Waals surface area contributed by atoms with E-state index in [1.807, 2.05) is 39.9 Å². The Morgan fingerprint density at radius 2 is 2.14 bits per heavy atom. The van der Waals surface area contributed by atoms with Gasteiger partial charge < -0.3 is 16.0 Å². The number of hydrogen-bond acceptors (Lipinski definition) is 4. The van der Waals surface area contributed by atoms with E-state index in [1.54, 1.807) is 12.5 Å². The predicted octanol–water partition coefficient (Wildman–Crippen LogP) is 0.843. The van der Waals surface area contributed by atoms with E-state index >= 15 is 0 Å². The molecule has 0 unspecified atom stereocenters. The first-order valence-electron chi connectivity index (χ1n) is 6.95. The number of nitrogens with two attached hydrogens (primary N) is 2. The first-order valence-corrected chi connectivity index (χ1v) is 6.95. The smallest absolute Gasteiger partial charge is 0.231 e. The van der Waals surface area contributed by atoms with Gasteiger partial charge in [-0.15, -0.1) is 0 Å². The van der Waals surface area contributed by atoms with Crippen LogP contribution in [0.1, 0.15) is 12.0 Å². The number of anilines is 1. The molecule has 0 atom stereocenters. The highest BCUT2D eigenvalue weighted by Crippen LogP contribution is 2.13. The molecule has 4 N–H and O–H groups in total. The van der Waals surface area contributed by atoms with Crippen LogP contribution in [0.5, 0.6) is 0 Å². The van der Waals surface area contributed by atoms with Crippen LogP contribution in [0.25, 0.3) is 0 Å². The third-order valence-electron chi connectivity index (χ3n) is 3.28. The molecule has 1 aromatic carbocycles. The van der Waals surface area contributed by atoms with E-state index in [0.717, 1.165) is 30.8 Å². The molecule has 0 saturated heterocycles. The van der Waals surface area contributed by atoms with Gasteiger partial charge in [0.2, 0.25) is 5.91 Å². The van der Waals surface area contributed by atoms with E-state index in [4.69, 9.17) is 11.5 Å². The summed E-state index contributed by atoms with van der Waals surface area (Å²) in [5, 5.41) is 0. The van der Waals surface area contributed by atoms with Gasteiger partial charge in [-0.25, -0.2) is 4.98 Å². The molecule has 0 saturated carbocycles. The third-order valence-corrected chi connectivity index (χ3v) is 3.28. The van der Waals surface area contributed by atoms with Crippen molar-refractivity contribution in [3.63, 3.8) is 0 Å². The Labute approximate surface area is 124 Å². The minimum absolute atomic E-state index is 0.234. The van der Waals surface area contributed by atoms with Gasteiger partial charge >= 0.3 is 0 Å². The minimum Gasteiger partial charge on any atom is -0.398 e. The Hall–Kier alpha value is -2.34. The summed E-state index contributed by atoms with van der Waals surface area (Å²) in [5.74, 6) is -0.327. The predicted molar refractivity (Wildman–Crippen MR) is 82.2 cm³/mol. The van der Waals surface area contributed by atoms with E-state index in [2.05, 4.69) is 4.98 Å². The summed E-state index contributed by atoms with van der Waals surface area (Å²) >= 11 is 0. The maximum absolute atomic E-state index is 11.2.